The summed E-state index contributed by atoms with van der Waals surface area (Å²) in [5, 5.41) is 3.89. The van der Waals surface area contributed by atoms with E-state index in [0.717, 1.165) is 29.8 Å². The van der Waals surface area contributed by atoms with Crippen molar-refractivity contribution in [2.45, 2.75) is 20.0 Å². The molecule has 0 aromatic heterocycles. The summed E-state index contributed by atoms with van der Waals surface area (Å²) in [7, 11) is 0. The molecule has 0 N–H and O–H groups in total. The van der Waals surface area contributed by atoms with Gasteiger partial charge in [0.05, 0.1) is 16.8 Å². The molecule has 6 heteroatoms. The summed E-state index contributed by atoms with van der Waals surface area (Å²) in [6.07, 6.45) is -4.45. The molecule has 0 unspecified atom stereocenters. The molecule has 2 aromatic carbocycles. The number of rotatable bonds is 4. The molecule has 0 aliphatic rings. The fraction of sp³-hybridized carbons (Fsp3) is 0.222. The third-order valence-electron chi connectivity index (χ3n) is 3.29. The number of halogens is 3. The Kier molecular flexibility index (Phi) is 5.39. The summed E-state index contributed by atoms with van der Waals surface area (Å²) in [6.45, 7) is 3.80. The molecular formula is C18H16F3NO2. The van der Waals surface area contributed by atoms with E-state index in [1.807, 2.05) is 44.2 Å². The lowest BCUT2D eigenvalue weighted by molar-refractivity contribution is -0.137. The standard InChI is InChI=1S/C18H16F3NO2/c1-12(2)16(13-6-4-3-5-7-13)22-24-17(23)14-8-10-15(11-9-14)18(19,20)21/h3-12H,1-2H3. The molecule has 0 saturated heterocycles. The summed E-state index contributed by atoms with van der Waals surface area (Å²) < 4.78 is 37.5. The molecule has 0 bridgehead atoms. The largest absolute Gasteiger partial charge is 0.416 e. The third kappa shape index (κ3) is 4.44. The van der Waals surface area contributed by atoms with Crippen molar-refractivity contribution in [2.24, 2.45) is 11.1 Å². The first kappa shape index (κ1) is 17.7. The van der Waals surface area contributed by atoms with Crippen LogP contribution in [-0.4, -0.2) is 11.7 Å². The van der Waals surface area contributed by atoms with Crippen LogP contribution < -0.4 is 0 Å². The van der Waals surface area contributed by atoms with E-state index in [-0.39, 0.29) is 11.5 Å². The topological polar surface area (TPSA) is 38.7 Å². The van der Waals surface area contributed by atoms with E-state index < -0.39 is 17.7 Å². The fourth-order valence-corrected chi connectivity index (χ4v) is 2.04. The minimum atomic E-state index is -4.45. The number of nitrogens with zero attached hydrogens (tertiary/aromatic N) is 1. The second-order valence-electron chi connectivity index (χ2n) is 5.45. The number of carbonyl (C=O) groups excluding carboxylic acids is 1. The van der Waals surface area contributed by atoms with Crippen molar-refractivity contribution in [1.82, 2.24) is 0 Å². The maximum atomic E-state index is 12.5. The van der Waals surface area contributed by atoms with E-state index in [2.05, 4.69) is 5.16 Å². The number of alkyl halides is 3. The third-order valence-corrected chi connectivity index (χ3v) is 3.29. The van der Waals surface area contributed by atoms with Crippen LogP contribution in [0.15, 0.2) is 59.8 Å². The van der Waals surface area contributed by atoms with E-state index in [9.17, 15) is 18.0 Å². The first-order valence-electron chi connectivity index (χ1n) is 7.31. The summed E-state index contributed by atoms with van der Waals surface area (Å²) in [4.78, 5) is 16.9. The molecule has 3 nitrogen and oxygen atoms in total. The van der Waals surface area contributed by atoms with Gasteiger partial charge in [0, 0.05) is 0 Å². The highest BCUT2D eigenvalue weighted by Gasteiger charge is 2.30. The average molecular weight is 335 g/mol. The van der Waals surface area contributed by atoms with Crippen molar-refractivity contribution in [3.63, 3.8) is 0 Å². The zero-order valence-corrected chi connectivity index (χ0v) is 13.2. The van der Waals surface area contributed by atoms with Gasteiger partial charge in [0.1, 0.15) is 0 Å². The first-order valence-corrected chi connectivity index (χ1v) is 7.31. The van der Waals surface area contributed by atoms with Gasteiger partial charge in [-0.1, -0.05) is 49.3 Å². The molecule has 0 radical (unpaired) electrons. The normalized spacial score (nSPS) is 12.3. The minimum absolute atomic E-state index is 0.00270. The van der Waals surface area contributed by atoms with Crippen LogP contribution in [0.25, 0.3) is 0 Å². The Bertz CT molecular complexity index is 720. The molecule has 2 rings (SSSR count). The average Bonchev–Trinajstić information content (AvgIpc) is 2.55. The van der Waals surface area contributed by atoms with Gasteiger partial charge in [-0.15, -0.1) is 0 Å². The first-order chi connectivity index (χ1) is 11.3. The zero-order chi connectivity index (χ0) is 17.7. The van der Waals surface area contributed by atoms with Crippen molar-refractivity contribution >= 4 is 11.7 Å². The van der Waals surface area contributed by atoms with Crippen LogP contribution in [0, 0.1) is 5.92 Å². The van der Waals surface area contributed by atoms with Crippen molar-refractivity contribution in [3.8, 4) is 0 Å². The van der Waals surface area contributed by atoms with E-state index in [4.69, 9.17) is 4.84 Å². The van der Waals surface area contributed by atoms with Crippen molar-refractivity contribution in [1.29, 1.82) is 0 Å². The number of oxime groups is 1. The lowest BCUT2D eigenvalue weighted by atomic mass is 10.0. The molecular weight excluding hydrogens is 319 g/mol. The number of hydrogen-bond donors (Lipinski definition) is 0. The van der Waals surface area contributed by atoms with E-state index in [1.54, 1.807) is 0 Å². The molecule has 24 heavy (non-hydrogen) atoms. The van der Waals surface area contributed by atoms with E-state index in [1.165, 1.54) is 0 Å². The smallest absolute Gasteiger partial charge is 0.313 e. The minimum Gasteiger partial charge on any atom is -0.313 e. The van der Waals surface area contributed by atoms with Crippen molar-refractivity contribution in [2.75, 3.05) is 0 Å². The van der Waals surface area contributed by atoms with Gasteiger partial charge in [-0.2, -0.15) is 13.2 Å². The van der Waals surface area contributed by atoms with Crippen LogP contribution in [0.1, 0.15) is 35.3 Å². The van der Waals surface area contributed by atoms with E-state index in [0.29, 0.717) is 5.71 Å². The second kappa shape index (κ2) is 7.29. The van der Waals surface area contributed by atoms with Crippen LogP contribution in [-0.2, 0) is 11.0 Å². The quantitative estimate of drug-likeness (QED) is 0.452. The maximum absolute atomic E-state index is 12.5. The molecule has 0 spiro atoms. The molecule has 0 saturated carbocycles. The second-order valence-corrected chi connectivity index (χ2v) is 5.45. The van der Waals surface area contributed by atoms with E-state index >= 15 is 0 Å². The molecule has 0 atom stereocenters. The van der Waals surface area contributed by atoms with Crippen LogP contribution in [0.3, 0.4) is 0 Å². The van der Waals surface area contributed by atoms with Gasteiger partial charge < -0.3 is 4.84 Å². The summed E-state index contributed by atoms with van der Waals surface area (Å²) in [5.74, 6) is -0.800. The van der Waals surface area contributed by atoms with Crippen LogP contribution in [0.4, 0.5) is 13.2 Å². The Balaban J connectivity index is 2.16. The highest BCUT2D eigenvalue weighted by molar-refractivity contribution is 6.02. The molecule has 0 aliphatic heterocycles. The van der Waals surface area contributed by atoms with Gasteiger partial charge in [-0.3, -0.25) is 0 Å². The Morgan fingerprint density at radius 2 is 1.54 bits per heavy atom. The molecule has 0 aliphatic carbocycles. The molecule has 0 fully saturated rings. The number of carbonyl (C=O) groups is 1. The highest BCUT2D eigenvalue weighted by atomic mass is 19.4. The van der Waals surface area contributed by atoms with Gasteiger partial charge in [0.25, 0.3) is 0 Å². The summed E-state index contributed by atoms with van der Waals surface area (Å²) in [6, 6.07) is 13.0. The SMILES string of the molecule is CC(C)C(=NOC(=O)c1ccc(C(F)(F)F)cc1)c1ccccc1. The van der Waals surface area contributed by atoms with Gasteiger partial charge in [0.2, 0.25) is 0 Å². The predicted molar refractivity (Wildman–Crippen MR) is 84.7 cm³/mol. The van der Waals surface area contributed by atoms with Crippen molar-refractivity contribution < 1.29 is 22.8 Å². The fourth-order valence-electron chi connectivity index (χ4n) is 2.04. The van der Waals surface area contributed by atoms with Crippen molar-refractivity contribution in [3.05, 3.63) is 71.3 Å². The molecule has 126 valence electrons. The lowest BCUT2D eigenvalue weighted by Gasteiger charge is -2.10. The van der Waals surface area contributed by atoms with Crippen LogP contribution in [0.5, 0.6) is 0 Å². The van der Waals surface area contributed by atoms with Gasteiger partial charge in [-0.25, -0.2) is 4.79 Å². The zero-order valence-electron chi connectivity index (χ0n) is 13.2. The summed E-state index contributed by atoms with van der Waals surface area (Å²) >= 11 is 0. The number of benzene rings is 2. The monoisotopic (exact) mass is 335 g/mol. The van der Waals surface area contributed by atoms with Gasteiger partial charge >= 0.3 is 12.1 Å². The summed E-state index contributed by atoms with van der Waals surface area (Å²) in [5.41, 5.74) is 0.571. The number of hydrogen-bond acceptors (Lipinski definition) is 3. The Hall–Kier alpha value is -2.63. The Morgan fingerprint density at radius 1 is 0.958 bits per heavy atom. The van der Waals surface area contributed by atoms with Crippen LogP contribution in [0.2, 0.25) is 0 Å². The highest BCUT2D eigenvalue weighted by Crippen LogP contribution is 2.29. The maximum Gasteiger partial charge on any atom is 0.416 e. The van der Waals surface area contributed by atoms with Gasteiger partial charge in [0.15, 0.2) is 0 Å². The lowest BCUT2D eigenvalue weighted by Crippen LogP contribution is -2.12. The molecule has 0 amide bonds. The molecule has 0 heterocycles. The van der Waals surface area contributed by atoms with Crippen LogP contribution >= 0.6 is 0 Å². The van der Waals surface area contributed by atoms with Gasteiger partial charge in [-0.05, 0) is 35.7 Å². The Labute approximate surface area is 137 Å². The molecule has 2 aromatic rings. The Morgan fingerprint density at radius 3 is 2.04 bits per heavy atom. The predicted octanol–water partition coefficient (Wildman–Crippen LogP) is 4.92.